The molecule has 3 nitrogen and oxygen atoms in total. The zero-order valence-electron chi connectivity index (χ0n) is 38.2. The Bertz CT molecular complexity index is 2950. The van der Waals surface area contributed by atoms with Crippen LogP contribution < -0.4 is 0 Å². The minimum Gasteiger partial charge on any atom is -0.305 e. The average molecular weight is 1020 g/mol. The van der Waals surface area contributed by atoms with E-state index in [1.165, 1.54) is 77.9 Å². The summed E-state index contributed by atoms with van der Waals surface area (Å²) in [7, 11) is 0. The normalized spacial score (nSPS) is 10.7. The van der Waals surface area contributed by atoms with Gasteiger partial charge in [-0.25, -0.2) is 0 Å². The van der Waals surface area contributed by atoms with Crippen LogP contribution in [-0.2, 0) is 45.8 Å². The monoisotopic (exact) mass is 1020 g/mol. The Morgan fingerprint density at radius 2 is 1.03 bits per heavy atom. The van der Waals surface area contributed by atoms with Gasteiger partial charge in [0, 0.05) is 18.6 Å². The van der Waals surface area contributed by atoms with Crippen LogP contribution in [0.1, 0.15) is 55.6 Å². The molecule has 0 saturated heterocycles. The van der Waals surface area contributed by atoms with Gasteiger partial charge in [-0.05, 0) is 133 Å². The van der Waals surface area contributed by atoms with Gasteiger partial charge in [-0.3, -0.25) is 0 Å². The smallest absolute Gasteiger partial charge is 0.305 e. The van der Waals surface area contributed by atoms with E-state index in [1.807, 2.05) is 48.9 Å². The third-order valence-corrected chi connectivity index (χ3v) is 12.0. The number of hydrogen-bond acceptors (Lipinski definition) is 3. The molecule has 0 radical (unpaired) electrons. The van der Waals surface area contributed by atoms with Crippen LogP contribution in [0.2, 0.25) is 0 Å². The van der Waals surface area contributed by atoms with Crippen molar-refractivity contribution in [2.45, 2.75) is 67.2 Å². The molecule has 4 heteroatoms. The Labute approximate surface area is 400 Å². The van der Waals surface area contributed by atoms with Gasteiger partial charge in [-0.15, -0.1) is 107 Å². The van der Waals surface area contributed by atoms with Gasteiger partial charge in [0.15, 0.2) is 0 Å². The molecule has 0 spiro atoms. The molecule has 6 aromatic carbocycles. The predicted octanol–water partition coefficient (Wildman–Crippen LogP) is 14.7. The fourth-order valence-electron chi connectivity index (χ4n) is 8.21. The second kappa shape index (κ2) is 21.9. The maximum Gasteiger partial charge on any atom is 3.00 e. The van der Waals surface area contributed by atoms with Crippen molar-refractivity contribution in [3.63, 3.8) is 0 Å². The molecule has 322 valence electrons. The average Bonchev–Trinajstić information content (AvgIpc) is 3.32. The third-order valence-electron chi connectivity index (χ3n) is 12.0. The van der Waals surface area contributed by atoms with E-state index >= 15 is 0 Å². The predicted molar refractivity (Wildman–Crippen MR) is 266 cm³/mol. The van der Waals surface area contributed by atoms with E-state index in [9.17, 15) is 0 Å². The van der Waals surface area contributed by atoms with Crippen LogP contribution in [0.15, 0.2) is 170 Å². The van der Waals surface area contributed by atoms with Crippen LogP contribution in [-0.4, -0.2) is 15.0 Å². The second-order valence-electron chi connectivity index (χ2n) is 16.9. The molecule has 0 aliphatic rings. The van der Waals surface area contributed by atoms with E-state index in [0.717, 1.165) is 59.5 Å². The van der Waals surface area contributed by atoms with Crippen LogP contribution in [0, 0.1) is 59.7 Å². The van der Waals surface area contributed by atoms with Gasteiger partial charge in [0.05, 0.1) is 0 Å². The summed E-state index contributed by atoms with van der Waals surface area (Å²) in [6.45, 7) is 12.9. The summed E-state index contributed by atoms with van der Waals surface area (Å²) in [6.07, 6.45) is 9.88. The minimum atomic E-state index is 0. The Hall–Kier alpha value is -6.58. The number of aromatic nitrogens is 3. The Morgan fingerprint density at radius 3 is 1.68 bits per heavy atom. The fourth-order valence-corrected chi connectivity index (χ4v) is 8.21. The van der Waals surface area contributed by atoms with E-state index in [4.69, 9.17) is 4.98 Å². The molecule has 0 aliphatic heterocycles. The SMILES string of the molecule is Cc1c[c-]c(-c2cc(C)c(CCc3cccc(CCc4c[c-]c(-c5cc(C)c(C)cn5)cc4)c3)cn2)cc1.Cc1cc(-c2ccccc2)cc(C)c1-c1ccnc(-c2[c-]cccc2)c1.[Ir+3]. The molecule has 0 unspecified atom stereocenters. The number of rotatable bonds is 11. The first-order valence-electron chi connectivity index (χ1n) is 22.2. The van der Waals surface area contributed by atoms with Crippen molar-refractivity contribution in [2.75, 3.05) is 0 Å². The van der Waals surface area contributed by atoms with Crippen molar-refractivity contribution >= 4 is 0 Å². The molecule has 0 aliphatic carbocycles. The molecular formula is C61H54IrN3. The van der Waals surface area contributed by atoms with Crippen molar-refractivity contribution in [2.24, 2.45) is 0 Å². The van der Waals surface area contributed by atoms with Crippen LogP contribution in [0.5, 0.6) is 0 Å². The summed E-state index contributed by atoms with van der Waals surface area (Å²) in [5.74, 6) is 0. The van der Waals surface area contributed by atoms with Crippen LogP contribution in [0.25, 0.3) is 56.0 Å². The number of aryl methyl sites for hydroxylation is 10. The van der Waals surface area contributed by atoms with Gasteiger partial charge in [0.1, 0.15) is 0 Å². The van der Waals surface area contributed by atoms with Gasteiger partial charge in [0.2, 0.25) is 0 Å². The van der Waals surface area contributed by atoms with Gasteiger partial charge < -0.3 is 15.0 Å². The zero-order valence-corrected chi connectivity index (χ0v) is 40.6. The first-order chi connectivity index (χ1) is 31.2. The molecule has 0 N–H and O–H groups in total. The first kappa shape index (κ1) is 46.4. The molecule has 0 amide bonds. The van der Waals surface area contributed by atoms with Gasteiger partial charge >= 0.3 is 20.1 Å². The summed E-state index contributed by atoms with van der Waals surface area (Å²) in [4.78, 5) is 13.8. The number of benzene rings is 6. The molecule has 0 saturated carbocycles. The van der Waals surface area contributed by atoms with E-state index in [1.54, 1.807) is 0 Å². The van der Waals surface area contributed by atoms with Crippen molar-refractivity contribution < 1.29 is 20.1 Å². The van der Waals surface area contributed by atoms with E-state index < -0.39 is 0 Å². The molecule has 0 bridgehead atoms. The second-order valence-corrected chi connectivity index (χ2v) is 16.9. The van der Waals surface area contributed by atoms with Gasteiger partial charge in [-0.1, -0.05) is 109 Å². The third kappa shape index (κ3) is 12.0. The molecule has 9 rings (SSSR count). The van der Waals surface area contributed by atoms with Crippen molar-refractivity contribution in [3.8, 4) is 56.0 Å². The molecule has 3 heterocycles. The summed E-state index contributed by atoms with van der Waals surface area (Å²) in [6, 6.07) is 63.3. The van der Waals surface area contributed by atoms with Crippen molar-refractivity contribution in [3.05, 3.63) is 244 Å². The first-order valence-corrected chi connectivity index (χ1v) is 22.2. The minimum absolute atomic E-state index is 0. The van der Waals surface area contributed by atoms with E-state index in [-0.39, 0.29) is 20.1 Å². The molecule has 0 atom stereocenters. The zero-order chi connectivity index (χ0) is 44.4. The maximum absolute atomic E-state index is 4.73. The molecular weight excluding hydrogens is 967 g/mol. The van der Waals surface area contributed by atoms with E-state index in [2.05, 4.69) is 191 Å². The van der Waals surface area contributed by atoms with E-state index in [0.29, 0.717) is 0 Å². The van der Waals surface area contributed by atoms with Gasteiger partial charge in [0.25, 0.3) is 0 Å². The summed E-state index contributed by atoms with van der Waals surface area (Å²) in [5, 5.41) is 0. The summed E-state index contributed by atoms with van der Waals surface area (Å²) in [5.41, 5.74) is 23.9. The van der Waals surface area contributed by atoms with Crippen LogP contribution in [0.3, 0.4) is 0 Å². The fraction of sp³-hybridized carbons (Fsp3) is 0.164. The van der Waals surface area contributed by atoms with Crippen molar-refractivity contribution in [1.29, 1.82) is 0 Å². The Morgan fingerprint density at radius 1 is 0.400 bits per heavy atom. The van der Waals surface area contributed by atoms with Crippen LogP contribution in [0.4, 0.5) is 0 Å². The Kier molecular flexibility index (Phi) is 15.6. The molecule has 3 aromatic heterocycles. The molecule has 0 fully saturated rings. The number of hydrogen-bond donors (Lipinski definition) is 0. The largest absolute Gasteiger partial charge is 3.00 e. The topological polar surface area (TPSA) is 38.7 Å². The number of pyridine rings is 3. The number of nitrogens with zero attached hydrogens (tertiary/aromatic N) is 3. The Balaban J connectivity index is 0.000000204. The maximum atomic E-state index is 4.73. The standard InChI is InChI=1S/C36H34N2.C25H20N.Ir/c1-25-8-15-32(16-9-25)36-21-27(3)34(24-38-36)19-14-31-7-5-6-30(22-31)11-10-29-12-17-33(18-13-29)35-20-26(2)28(4)23-37-35;1-18-15-23(20-9-5-3-6-10-20)16-19(2)25(18)22-13-14-26-24(17-22)21-11-7-4-8-12-21;/h5-9,12-13,15,17,20-24H,10-11,14,19H2,1-4H3;3-11,13-17H,1-2H3;/q-2;-1;+3. The van der Waals surface area contributed by atoms with Crippen LogP contribution >= 0.6 is 0 Å². The van der Waals surface area contributed by atoms with Crippen molar-refractivity contribution in [1.82, 2.24) is 15.0 Å². The molecule has 65 heavy (non-hydrogen) atoms. The quantitative estimate of drug-likeness (QED) is 0.121. The molecule has 9 aromatic rings. The summed E-state index contributed by atoms with van der Waals surface area (Å²) >= 11 is 0. The summed E-state index contributed by atoms with van der Waals surface area (Å²) < 4.78 is 0. The van der Waals surface area contributed by atoms with Gasteiger partial charge in [-0.2, -0.15) is 0 Å².